The zero-order valence-corrected chi connectivity index (χ0v) is 12.7. The molecule has 0 aliphatic carbocycles. The average molecular weight is 265 g/mol. The number of rotatable bonds is 8. The molecule has 108 valence electrons. The van der Waals surface area contributed by atoms with Crippen LogP contribution < -0.4 is 11.0 Å². The van der Waals surface area contributed by atoms with Crippen molar-refractivity contribution in [3.05, 3.63) is 27.9 Å². The SMILES string of the molecule is CCCCCC(C)NCCn1c(C)cc(C)nc1=O. The monoisotopic (exact) mass is 265 g/mol. The van der Waals surface area contributed by atoms with Gasteiger partial charge in [0.15, 0.2) is 0 Å². The minimum absolute atomic E-state index is 0.141. The average Bonchev–Trinajstić information content (AvgIpc) is 2.32. The van der Waals surface area contributed by atoms with E-state index in [-0.39, 0.29) is 5.69 Å². The highest BCUT2D eigenvalue weighted by atomic mass is 16.1. The second kappa shape index (κ2) is 8.10. The van der Waals surface area contributed by atoms with Gasteiger partial charge in [0.2, 0.25) is 0 Å². The van der Waals surface area contributed by atoms with Gasteiger partial charge in [0.1, 0.15) is 0 Å². The van der Waals surface area contributed by atoms with Crippen molar-refractivity contribution in [2.24, 2.45) is 0 Å². The molecule has 4 nitrogen and oxygen atoms in total. The van der Waals surface area contributed by atoms with E-state index in [2.05, 4.69) is 24.1 Å². The first-order valence-electron chi connectivity index (χ1n) is 7.33. The van der Waals surface area contributed by atoms with Gasteiger partial charge >= 0.3 is 5.69 Å². The van der Waals surface area contributed by atoms with Crippen LogP contribution in [0.5, 0.6) is 0 Å². The number of hydrogen-bond donors (Lipinski definition) is 1. The molecule has 1 atom stereocenters. The molecule has 0 radical (unpaired) electrons. The highest BCUT2D eigenvalue weighted by Gasteiger charge is 2.04. The van der Waals surface area contributed by atoms with Crippen LogP contribution in [0.4, 0.5) is 0 Å². The van der Waals surface area contributed by atoms with E-state index < -0.39 is 0 Å². The summed E-state index contributed by atoms with van der Waals surface area (Å²) in [6.45, 7) is 9.75. The minimum atomic E-state index is -0.141. The molecule has 0 saturated heterocycles. The van der Waals surface area contributed by atoms with Crippen molar-refractivity contribution in [2.75, 3.05) is 6.54 Å². The maximum Gasteiger partial charge on any atom is 0.347 e. The van der Waals surface area contributed by atoms with E-state index in [9.17, 15) is 4.79 Å². The molecule has 0 aliphatic rings. The van der Waals surface area contributed by atoms with Crippen molar-refractivity contribution in [1.29, 1.82) is 0 Å². The number of nitrogens with one attached hydrogen (secondary N) is 1. The summed E-state index contributed by atoms with van der Waals surface area (Å²) in [5.41, 5.74) is 1.63. The van der Waals surface area contributed by atoms with Crippen molar-refractivity contribution in [1.82, 2.24) is 14.9 Å². The Bertz CT molecular complexity index is 440. The Hall–Kier alpha value is -1.16. The summed E-state index contributed by atoms with van der Waals surface area (Å²) >= 11 is 0. The maximum absolute atomic E-state index is 11.8. The van der Waals surface area contributed by atoms with Crippen molar-refractivity contribution in [3.63, 3.8) is 0 Å². The van der Waals surface area contributed by atoms with E-state index in [1.54, 1.807) is 4.57 Å². The molecule has 0 aliphatic heterocycles. The molecule has 0 saturated carbocycles. The number of nitrogens with zero attached hydrogens (tertiary/aromatic N) is 2. The van der Waals surface area contributed by atoms with E-state index in [1.807, 2.05) is 19.9 Å². The fourth-order valence-electron chi connectivity index (χ4n) is 2.27. The van der Waals surface area contributed by atoms with Crippen LogP contribution in [0.25, 0.3) is 0 Å². The first kappa shape index (κ1) is 15.9. The Morgan fingerprint density at radius 3 is 2.74 bits per heavy atom. The smallest absolute Gasteiger partial charge is 0.312 e. The molecule has 1 aromatic heterocycles. The topological polar surface area (TPSA) is 46.9 Å². The minimum Gasteiger partial charge on any atom is -0.312 e. The molecule has 0 fully saturated rings. The van der Waals surface area contributed by atoms with Gasteiger partial charge in [-0.25, -0.2) is 4.79 Å². The number of aryl methyl sites for hydroxylation is 2. The highest BCUT2D eigenvalue weighted by Crippen LogP contribution is 2.02. The first-order chi connectivity index (χ1) is 9.04. The Balaban J connectivity index is 2.39. The Labute approximate surface area is 116 Å². The van der Waals surface area contributed by atoms with Crippen LogP contribution in [0, 0.1) is 13.8 Å². The molecular formula is C15H27N3O. The Morgan fingerprint density at radius 2 is 2.11 bits per heavy atom. The van der Waals surface area contributed by atoms with E-state index in [0.717, 1.165) is 17.9 Å². The fraction of sp³-hybridized carbons (Fsp3) is 0.733. The normalized spacial score (nSPS) is 12.6. The van der Waals surface area contributed by atoms with E-state index in [4.69, 9.17) is 0 Å². The van der Waals surface area contributed by atoms with Crippen molar-refractivity contribution >= 4 is 0 Å². The van der Waals surface area contributed by atoms with Gasteiger partial charge in [0.05, 0.1) is 0 Å². The van der Waals surface area contributed by atoms with Gasteiger partial charge in [0.25, 0.3) is 0 Å². The van der Waals surface area contributed by atoms with Gasteiger partial charge in [-0.1, -0.05) is 26.2 Å². The fourth-order valence-corrected chi connectivity index (χ4v) is 2.27. The number of hydrogen-bond acceptors (Lipinski definition) is 3. The zero-order chi connectivity index (χ0) is 14.3. The van der Waals surface area contributed by atoms with Crippen LogP contribution in [-0.2, 0) is 6.54 Å². The summed E-state index contributed by atoms with van der Waals surface area (Å²) in [4.78, 5) is 15.7. The number of unbranched alkanes of at least 4 members (excludes halogenated alkanes) is 2. The van der Waals surface area contributed by atoms with Crippen LogP contribution in [0.1, 0.15) is 50.9 Å². The first-order valence-corrected chi connectivity index (χ1v) is 7.33. The van der Waals surface area contributed by atoms with E-state index in [0.29, 0.717) is 12.6 Å². The van der Waals surface area contributed by atoms with Crippen LogP contribution in [0.3, 0.4) is 0 Å². The lowest BCUT2D eigenvalue weighted by molar-refractivity contribution is 0.463. The predicted octanol–water partition coefficient (Wildman–Crippen LogP) is 2.42. The molecule has 1 heterocycles. The summed E-state index contributed by atoms with van der Waals surface area (Å²) in [5, 5.41) is 3.47. The third-order valence-electron chi connectivity index (χ3n) is 3.42. The van der Waals surface area contributed by atoms with Gasteiger partial charge in [-0.05, 0) is 33.3 Å². The van der Waals surface area contributed by atoms with Gasteiger partial charge in [-0.15, -0.1) is 0 Å². The molecule has 1 N–H and O–H groups in total. The lowest BCUT2D eigenvalue weighted by Crippen LogP contribution is -2.34. The van der Waals surface area contributed by atoms with Crippen molar-refractivity contribution < 1.29 is 0 Å². The standard InChI is InChI=1S/C15H27N3O/c1-5-6-7-8-12(2)16-9-10-18-14(4)11-13(3)17-15(18)19/h11-12,16H,5-10H2,1-4H3. The summed E-state index contributed by atoms with van der Waals surface area (Å²) in [5.74, 6) is 0. The lowest BCUT2D eigenvalue weighted by Gasteiger charge is -2.15. The molecule has 0 aromatic carbocycles. The molecular weight excluding hydrogens is 238 g/mol. The molecule has 1 rings (SSSR count). The predicted molar refractivity (Wildman–Crippen MR) is 79.6 cm³/mol. The second-order valence-corrected chi connectivity index (χ2v) is 5.32. The Kier molecular flexibility index (Phi) is 6.78. The van der Waals surface area contributed by atoms with Crippen LogP contribution in [-0.4, -0.2) is 22.1 Å². The van der Waals surface area contributed by atoms with Crippen LogP contribution in [0.2, 0.25) is 0 Å². The molecule has 1 unspecified atom stereocenters. The van der Waals surface area contributed by atoms with Crippen LogP contribution >= 0.6 is 0 Å². The summed E-state index contributed by atoms with van der Waals surface area (Å²) in [6.07, 6.45) is 5.03. The van der Waals surface area contributed by atoms with Crippen molar-refractivity contribution in [2.45, 2.75) is 66.0 Å². The molecule has 4 heteroatoms. The van der Waals surface area contributed by atoms with E-state index >= 15 is 0 Å². The largest absolute Gasteiger partial charge is 0.347 e. The summed E-state index contributed by atoms with van der Waals surface area (Å²) < 4.78 is 1.73. The molecule has 0 amide bonds. The van der Waals surface area contributed by atoms with Gasteiger partial charge in [0, 0.05) is 30.5 Å². The molecule has 0 bridgehead atoms. The van der Waals surface area contributed by atoms with Crippen LogP contribution in [0.15, 0.2) is 10.9 Å². The molecule has 19 heavy (non-hydrogen) atoms. The summed E-state index contributed by atoms with van der Waals surface area (Å²) in [7, 11) is 0. The third-order valence-corrected chi connectivity index (χ3v) is 3.42. The molecule has 0 spiro atoms. The van der Waals surface area contributed by atoms with Gasteiger partial charge in [-0.3, -0.25) is 4.57 Å². The lowest BCUT2D eigenvalue weighted by atomic mass is 10.1. The van der Waals surface area contributed by atoms with E-state index in [1.165, 1.54) is 25.7 Å². The quantitative estimate of drug-likeness (QED) is 0.734. The van der Waals surface area contributed by atoms with Gasteiger partial charge in [-0.2, -0.15) is 4.98 Å². The zero-order valence-electron chi connectivity index (χ0n) is 12.7. The highest BCUT2D eigenvalue weighted by molar-refractivity contribution is 5.06. The maximum atomic E-state index is 11.8. The summed E-state index contributed by atoms with van der Waals surface area (Å²) in [6, 6.07) is 2.47. The Morgan fingerprint density at radius 1 is 1.37 bits per heavy atom. The second-order valence-electron chi connectivity index (χ2n) is 5.32. The third kappa shape index (κ3) is 5.55. The van der Waals surface area contributed by atoms with Crippen molar-refractivity contribution in [3.8, 4) is 0 Å². The van der Waals surface area contributed by atoms with Gasteiger partial charge < -0.3 is 5.32 Å². The number of aromatic nitrogens is 2. The molecule has 1 aromatic rings.